The molecule has 4 nitrogen and oxygen atoms in total. The second-order valence-corrected chi connectivity index (χ2v) is 4.70. The summed E-state index contributed by atoms with van der Waals surface area (Å²) in [5, 5.41) is 0. The standard InChI is InChI=1S/C11H11BrF3N3O/c12-6-3-9-8(4-7(6)13)17-11(16)18(9)1-2-19-5-10(14)15/h3-4,10H,1-2,5H2,(H2,16,17). The summed E-state index contributed by atoms with van der Waals surface area (Å²) in [5.41, 5.74) is 6.73. The molecule has 1 aromatic carbocycles. The van der Waals surface area contributed by atoms with Crippen LogP contribution in [-0.4, -0.2) is 29.2 Å². The highest BCUT2D eigenvalue weighted by Crippen LogP contribution is 2.25. The van der Waals surface area contributed by atoms with Crippen molar-refractivity contribution in [1.82, 2.24) is 9.55 Å². The highest BCUT2D eigenvalue weighted by molar-refractivity contribution is 9.10. The Hall–Kier alpha value is -1.28. The number of aromatic nitrogens is 2. The molecular weight excluding hydrogens is 327 g/mol. The Morgan fingerprint density at radius 1 is 1.42 bits per heavy atom. The van der Waals surface area contributed by atoms with E-state index in [1.165, 1.54) is 6.07 Å². The monoisotopic (exact) mass is 337 g/mol. The number of fused-ring (bicyclic) bond motifs is 1. The molecule has 0 radical (unpaired) electrons. The third-order valence-corrected chi connectivity index (χ3v) is 3.13. The maximum absolute atomic E-state index is 13.3. The van der Waals surface area contributed by atoms with Crippen molar-refractivity contribution < 1.29 is 17.9 Å². The van der Waals surface area contributed by atoms with E-state index in [0.29, 0.717) is 11.0 Å². The fraction of sp³-hybridized carbons (Fsp3) is 0.364. The molecule has 0 spiro atoms. The summed E-state index contributed by atoms with van der Waals surface area (Å²) in [6, 6.07) is 2.80. The molecule has 2 aromatic rings. The average Bonchev–Trinajstić information content (AvgIpc) is 2.61. The molecule has 2 N–H and O–H groups in total. The van der Waals surface area contributed by atoms with Gasteiger partial charge in [0.2, 0.25) is 5.95 Å². The lowest BCUT2D eigenvalue weighted by Gasteiger charge is -2.07. The average molecular weight is 338 g/mol. The Balaban J connectivity index is 2.18. The van der Waals surface area contributed by atoms with Crippen LogP contribution in [0.3, 0.4) is 0 Å². The van der Waals surface area contributed by atoms with Gasteiger partial charge in [0.25, 0.3) is 6.43 Å². The van der Waals surface area contributed by atoms with Gasteiger partial charge in [-0.15, -0.1) is 0 Å². The Bertz CT molecular complexity index is 588. The number of anilines is 1. The predicted octanol–water partition coefficient (Wildman–Crippen LogP) is 2.80. The number of alkyl halides is 2. The molecule has 1 aromatic heterocycles. The quantitative estimate of drug-likeness (QED) is 0.853. The van der Waals surface area contributed by atoms with E-state index in [0.717, 1.165) is 0 Å². The Kier molecular flexibility index (Phi) is 4.31. The number of rotatable bonds is 5. The first-order valence-corrected chi connectivity index (χ1v) is 6.25. The molecule has 0 aliphatic carbocycles. The third kappa shape index (κ3) is 3.19. The van der Waals surface area contributed by atoms with Crippen molar-refractivity contribution in [2.24, 2.45) is 0 Å². The zero-order valence-electron chi connectivity index (χ0n) is 9.75. The fourth-order valence-electron chi connectivity index (χ4n) is 1.70. The molecule has 19 heavy (non-hydrogen) atoms. The van der Waals surface area contributed by atoms with Gasteiger partial charge >= 0.3 is 0 Å². The SMILES string of the molecule is Nc1nc2cc(F)c(Br)cc2n1CCOCC(F)F. The van der Waals surface area contributed by atoms with E-state index in [1.54, 1.807) is 10.6 Å². The van der Waals surface area contributed by atoms with Crippen molar-refractivity contribution in [3.8, 4) is 0 Å². The molecule has 0 saturated heterocycles. The van der Waals surface area contributed by atoms with Crippen LogP contribution in [0.25, 0.3) is 11.0 Å². The number of imidazole rings is 1. The maximum atomic E-state index is 13.3. The second-order valence-electron chi connectivity index (χ2n) is 3.84. The zero-order valence-corrected chi connectivity index (χ0v) is 11.3. The first kappa shape index (κ1) is 14.1. The molecule has 0 amide bonds. The van der Waals surface area contributed by atoms with E-state index in [4.69, 9.17) is 10.5 Å². The van der Waals surface area contributed by atoms with Crippen LogP contribution in [0.5, 0.6) is 0 Å². The van der Waals surface area contributed by atoms with Gasteiger partial charge in [0, 0.05) is 12.6 Å². The summed E-state index contributed by atoms with van der Waals surface area (Å²) in [6.07, 6.45) is -2.50. The molecule has 0 fully saturated rings. The summed E-state index contributed by atoms with van der Waals surface area (Å²) in [6.45, 7) is -0.271. The molecule has 2 rings (SSSR count). The largest absolute Gasteiger partial charge is 0.374 e. The first-order valence-electron chi connectivity index (χ1n) is 5.45. The third-order valence-electron chi connectivity index (χ3n) is 2.52. The lowest BCUT2D eigenvalue weighted by atomic mass is 10.3. The lowest BCUT2D eigenvalue weighted by Crippen LogP contribution is -2.12. The predicted molar refractivity (Wildman–Crippen MR) is 68.6 cm³/mol. The van der Waals surface area contributed by atoms with Gasteiger partial charge in [-0.1, -0.05) is 0 Å². The van der Waals surface area contributed by atoms with Gasteiger partial charge in [-0.05, 0) is 22.0 Å². The van der Waals surface area contributed by atoms with Crippen LogP contribution in [-0.2, 0) is 11.3 Å². The smallest absolute Gasteiger partial charge is 0.261 e. The number of ether oxygens (including phenoxy) is 1. The van der Waals surface area contributed by atoms with Gasteiger partial charge in [0.15, 0.2) is 0 Å². The van der Waals surface area contributed by atoms with Crippen LogP contribution in [0.4, 0.5) is 19.1 Å². The highest BCUT2D eigenvalue weighted by atomic mass is 79.9. The second kappa shape index (κ2) is 5.79. The topological polar surface area (TPSA) is 53.1 Å². The summed E-state index contributed by atoms with van der Waals surface area (Å²) in [7, 11) is 0. The summed E-state index contributed by atoms with van der Waals surface area (Å²) >= 11 is 3.07. The van der Waals surface area contributed by atoms with E-state index < -0.39 is 18.8 Å². The minimum Gasteiger partial charge on any atom is -0.374 e. The van der Waals surface area contributed by atoms with Crippen LogP contribution in [0.1, 0.15) is 0 Å². The van der Waals surface area contributed by atoms with E-state index >= 15 is 0 Å². The lowest BCUT2D eigenvalue weighted by molar-refractivity contribution is 0.0151. The van der Waals surface area contributed by atoms with Gasteiger partial charge in [-0.25, -0.2) is 18.2 Å². The molecule has 0 atom stereocenters. The molecule has 0 aliphatic heterocycles. The van der Waals surface area contributed by atoms with Crippen LogP contribution in [0.15, 0.2) is 16.6 Å². The van der Waals surface area contributed by atoms with E-state index in [-0.39, 0.29) is 23.6 Å². The molecule has 0 aliphatic rings. The van der Waals surface area contributed by atoms with Gasteiger partial charge in [-0.3, -0.25) is 0 Å². The maximum Gasteiger partial charge on any atom is 0.261 e. The molecule has 1 heterocycles. The normalized spacial score (nSPS) is 11.6. The Morgan fingerprint density at radius 2 is 2.16 bits per heavy atom. The van der Waals surface area contributed by atoms with E-state index in [2.05, 4.69) is 20.9 Å². The minimum absolute atomic E-state index is 0.0784. The number of nitrogens with zero attached hydrogens (tertiary/aromatic N) is 2. The van der Waals surface area contributed by atoms with E-state index in [9.17, 15) is 13.2 Å². The van der Waals surface area contributed by atoms with Crippen molar-refractivity contribution in [3.63, 3.8) is 0 Å². The summed E-state index contributed by atoms with van der Waals surface area (Å²) < 4.78 is 43.8. The number of halogens is 4. The van der Waals surface area contributed by atoms with Crippen LogP contribution < -0.4 is 5.73 Å². The first-order chi connectivity index (χ1) is 8.99. The number of hydrogen-bond acceptors (Lipinski definition) is 3. The minimum atomic E-state index is -2.50. The Morgan fingerprint density at radius 3 is 2.84 bits per heavy atom. The number of nitrogen functional groups attached to an aromatic ring is 1. The van der Waals surface area contributed by atoms with Gasteiger partial charge in [-0.2, -0.15) is 0 Å². The van der Waals surface area contributed by atoms with Gasteiger partial charge in [0.1, 0.15) is 12.4 Å². The molecule has 0 unspecified atom stereocenters. The molecule has 8 heteroatoms. The van der Waals surface area contributed by atoms with Crippen molar-refractivity contribution in [1.29, 1.82) is 0 Å². The Labute approximate surface area is 115 Å². The van der Waals surface area contributed by atoms with Crippen molar-refractivity contribution >= 4 is 32.9 Å². The van der Waals surface area contributed by atoms with Gasteiger partial charge < -0.3 is 15.0 Å². The molecule has 104 valence electrons. The summed E-state index contributed by atoms with van der Waals surface area (Å²) in [5.74, 6) is -0.251. The molecule has 0 saturated carbocycles. The zero-order chi connectivity index (χ0) is 14.0. The summed E-state index contributed by atoms with van der Waals surface area (Å²) in [4.78, 5) is 4.01. The van der Waals surface area contributed by atoms with Crippen molar-refractivity contribution in [2.45, 2.75) is 13.0 Å². The van der Waals surface area contributed by atoms with Crippen LogP contribution in [0.2, 0.25) is 0 Å². The van der Waals surface area contributed by atoms with Gasteiger partial charge in [0.05, 0.1) is 22.1 Å². The number of benzene rings is 1. The highest BCUT2D eigenvalue weighted by Gasteiger charge is 2.11. The number of nitrogens with two attached hydrogens (primary N) is 1. The van der Waals surface area contributed by atoms with Crippen molar-refractivity contribution in [2.75, 3.05) is 18.9 Å². The van der Waals surface area contributed by atoms with Crippen LogP contribution in [0, 0.1) is 5.82 Å². The molecule has 0 bridgehead atoms. The van der Waals surface area contributed by atoms with Crippen molar-refractivity contribution in [3.05, 3.63) is 22.4 Å². The van der Waals surface area contributed by atoms with Crippen LogP contribution >= 0.6 is 15.9 Å². The fourth-order valence-corrected chi connectivity index (χ4v) is 2.03. The molecular formula is C11H11BrF3N3O. The van der Waals surface area contributed by atoms with E-state index in [1.807, 2.05) is 0 Å². The number of hydrogen-bond donors (Lipinski definition) is 1.